The highest BCUT2D eigenvalue weighted by Gasteiger charge is 2.40. The van der Waals surface area contributed by atoms with Crippen molar-refractivity contribution in [3.63, 3.8) is 0 Å². The van der Waals surface area contributed by atoms with Crippen LogP contribution in [-0.4, -0.2) is 58.3 Å². The maximum Gasteiger partial charge on any atom is 0.326 e. The van der Waals surface area contributed by atoms with Gasteiger partial charge in [-0.25, -0.2) is 4.79 Å². The van der Waals surface area contributed by atoms with E-state index in [1.54, 1.807) is 0 Å². The maximum absolute atomic E-state index is 11.9. The van der Waals surface area contributed by atoms with Crippen LogP contribution in [0.25, 0.3) is 0 Å². The molecule has 7 nitrogen and oxygen atoms in total. The van der Waals surface area contributed by atoms with Crippen LogP contribution in [0, 0.1) is 0 Å². The van der Waals surface area contributed by atoms with E-state index in [9.17, 15) is 14.7 Å². The summed E-state index contributed by atoms with van der Waals surface area (Å²) in [5, 5.41) is 18.3. The van der Waals surface area contributed by atoms with E-state index in [-0.39, 0.29) is 13.0 Å². The summed E-state index contributed by atoms with van der Waals surface area (Å²) in [5.74, 6) is -1.54. The molecule has 0 spiro atoms. The van der Waals surface area contributed by atoms with Crippen molar-refractivity contribution < 1.29 is 19.8 Å². The molecule has 0 aromatic heterocycles. The molecule has 17 heavy (non-hydrogen) atoms. The van der Waals surface area contributed by atoms with E-state index in [2.05, 4.69) is 0 Å². The van der Waals surface area contributed by atoms with Crippen molar-refractivity contribution in [3.8, 4) is 0 Å². The molecule has 7 heteroatoms. The van der Waals surface area contributed by atoms with Crippen molar-refractivity contribution in [1.82, 2.24) is 4.90 Å². The first-order valence-corrected chi connectivity index (χ1v) is 5.64. The fourth-order valence-electron chi connectivity index (χ4n) is 1.97. The minimum atomic E-state index is -1.11. The summed E-state index contributed by atoms with van der Waals surface area (Å²) in [7, 11) is 0. The van der Waals surface area contributed by atoms with Gasteiger partial charge in [0, 0.05) is 13.0 Å². The molecule has 0 aromatic rings. The Morgan fingerprint density at radius 1 is 1.47 bits per heavy atom. The average Bonchev–Trinajstić information content (AvgIpc) is 2.67. The van der Waals surface area contributed by atoms with Gasteiger partial charge in [-0.1, -0.05) is 0 Å². The number of nitrogens with two attached hydrogens (primary N) is 2. The fourth-order valence-corrected chi connectivity index (χ4v) is 1.97. The molecule has 1 aliphatic heterocycles. The number of rotatable bonds is 5. The molecule has 1 fully saturated rings. The van der Waals surface area contributed by atoms with Crippen molar-refractivity contribution in [1.29, 1.82) is 0 Å². The second-order valence-corrected chi connectivity index (χ2v) is 4.27. The Labute approximate surface area is 99.4 Å². The summed E-state index contributed by atoms with van der Waals surface area (Å²) in [4.78, 5) is 24.0. The molecule has 98 valence electrons. The minimum Gasteiger partial charge on any atom is -0.480 e. The van der Waals surface area contributed by atoms with E-state index in [1.807, 2.05) is 0 Å². The van der Waals surface area contributed by atoms with Gasteiger partial charge in [-0.05, 0) is 19.4 Å². The van der Waals surface area contributed by atoms with Crippen molar-refractivity contribution in [2.24, 2.45) is 11.5 Å². The summed E-state index contributed by atoms with van der Waals surface area (Å²) in [6.45, 7) is 0.470. The van der Waals surface area contributed by atoms with Gasteiger partial charge >= 0.3 is 5.97 Å². The van der Waals surface area contributed by atoms with Gasteiger partial charge in [-0.2, -0.15) is 0 Å². The predicted molar refractivity (Wildman–Crippen MR) is 60.0 cm³/mol. The lowest BCUT2D eigenvalue weighted by Gasteiger charge is -2.24. The summed E-state index contributed by atoms with van der Waals surface area (Å²) in [5.41, 5.74) is 11.0. The van der Waals surface area contributed by atoms with E-state index in [0.717, 1.165) is 4.90 Å². The first kappa shape index (κ1) is 13.9. The number of carbonyl (C=O) groups excluding carboxylic acids is 1. The number of likely N-dealkylation sites (tertiary alicyclic amines) is 1. The van der Waals surface area contributed by atoms with Crippen LogP contribution in [0.4, 0.5) is 0 Å². The van der Waals surface area contributed by atoms with E-state index in [1.165, 1.54) is 0 Å². The molecule has 1 unspecified atom stereocenters. The molecule has 1 heterocycles. The van der Waals surface area contributed by atoms with Gasteiger partial charge in [0.15, 0.2) is 0 Å². The number of carboxylic acids is 1. The van der Waals surface area contributed by atoms with Gasteiger partial charge in [0.25, 0.3) is 0 Å². The number of carboxylic acid groups (broad SMARTS) is 1. The third kappa shape index (κ3) is 3.39. The van der Waals surface area contributed by atoms with E-state index >= 15 is 0 Å². The van der Waals surface area contributed by atoms with Gasteiger partial charge in [-0.15, -0.1) is 0 Å². The predicted octanol–water partition coefficient (Wildman–Crippen LogP) is -1.90. The number of aliphatic hydroxyl groups excluding tert-OH is 1. The molecule has 1 saturated heterocycles. The van der Waals surface area contributed by atoms with E-state index < -0.39 is 30.1 Å². The van der Waals surface area contributed by atoms with Crippen LogP contribution in [0.2, 0.25) is 0 Å². The number of hydrogen-bond acceptors (Lipinski definition) is 5. The van der Waals surface area contributed by atoms with Crippen LogP contribution in [0.1, 0.15) is 19.3 Å². The molecular formula is C10H19N3O4. The van der Waals surface area contributed by atoms with Crippen LogP contribution in [0.5, 0.6) is 0 Å². The molecular weight excluding hydrogens is 226 g/mol. The minimum absolute atomic E-state index is 0.0339. The second-order valence-electron chi connectivity index (χ2n) is 4.27. The average molecular weight is 245 g/mol. The van der Waals surface area contributed by atoms with Gasteiger partial charge < -0.3 is 26.6 Å². The number of carbonyl (C=O) groups is 2. The first-order chi connectivity index (χ1) is 7.97. The molecule has 1 amide bonds. The monoisotopic (exact) mass is 245 g/mol. The van der Waals surface area contributed by atoms with Gasteiger partial charge in [0.2, 0.25) is 5.91 Å². The third-order valence-electron chi connectivity index (χ3n) is 2.88. The van der Waals surface area contributed by atoms with Gasteiger partial charge in [0.1, 0.15) is 6.04 Å². The quantitative estimate of drug-likeness (QED) is 0.447. The van der Waals surface area contributed by atoms with Crippen molar-refractivity contribution in [2.45, 2.75) is 37.5 Å². The van der Waals surface area contributed by atoms with Crippen molar-refractivity contribution in [2.75, 3.05) is 13.1 Å². The number of hydrogen-bond donors (Lipinski definition) is 4. The lowest BCUT2D eigenvalue weighted by Crippen LogP contribution is -2.48. The van der Waals surface area contributed by atoms with Gasteiger partial charge in [0.05, 0.1) is 12.1 Å². The normalized spacial score (nSPS) is 25.9. The standard InChI is InChI=1S/C10H19N3O4/c11-3-1-2-7(12)9(15)13-5-6(14)4-8(13)10(16)17/h6-8,14H,1-5,11-12H2,(H,16,17)/t6?,7-,8-/m0/s1. The number of aliphatic hydroxyl groups is 1. The highest BCUT2D eigenvalue weighted by Crippen LogP contribution is 2.19. The summed E-state index contributed by atoms with van der Waals surface area (Å²) >= 11 is 0. The summed E-state index contributed by atoms with van der Waals surface area (Å²) in [6.07, 6.45) is 0.307. The molecule has 0 aliphatic carbocycles. The molecule has 0 aromatic carbocycles. The Bertz CT molecular complexity index is 297. The Hall–Kier alpha value is -1.18. The molecule has 1 aliphatic rings. The highest BCUT2D eigenvalue weighted by molar-refractivity contribution is 5.87. The topological polar surface area (TPSA) is 130 Å². The zero-order valence-electron chi connectivity index (χ0n) is 9.58. The lowest BCUT2D eigenvalue weighted by molar-refractivity contribution is -0.148. The number of aliphatic carboxylic acids is 1. The smallest absolute Gasteiger partial charge is 0.326 e. The van der Waals surface area contributed by atoms with Crippen molar-refractivity contribution in [3.05, 3.63) is 0 Å². The zero-order chi connectivity index (χ0) is 13.0. The Balaban J connectivity index is 2.63. The van der Waals surface area contributed by atoms with Crippen LogP contribution >= 0.6 is 0 Å². The lowest BCUT2D eigenvalue weighted by atomic mass is 10.1. The number of nitrogens with zero attached hydrogens (tertiary/aromatic N) is 1. The number of β-amino-alcohol motifs (C(OH)–C–C–N with tert-alkyl or cyclic N) is 1. The molecule has 6 N–H and O–H groups in total. The third-order valence-corrected chi connectivity index (χ3v) is 2.88. The second kappa shape index (κ2) is 5.95. The SMILES string of the molecule is NCCC[C@H](N)C(=O)N1CC(O)C[C@H]1C(=O)O. The van der Waals surface area contributed by atoms with Crippen LogP contribution < -0.4 is 11.5 Å². The largest absolute Gasteiger partial charge is 0.480 e. The zero-order valence-corrected chi connectivity index (χ0v) is 9.58. The Morgan fingerprint density at radius 2 is 2.12 bits per heavy atom. The molecule has 0 radical (unpaired) electrons. The molecule has 1 rings (SSSR count). The van der Waals surface area contributed by atoms with Crippen LogP contribution in [0.15, 0.2) is 0 Å². The number of amides is 1. The highest BCUT2D eigenvalue weighted by atomic mass is 16.4. The summed E-state index contributed by atoms with van der Waals surface area (Å²) in [6, 6.07) is -1.72. The maximum atomic E-state index is 11.9. The molecule has 0 bridgehead atoms. The fraction of sp³-hybridized carbons (Fsp3) is 0.800. The summed E-state index contributed by atoms with van der Waals surface area (Å²) < 4.78 is 0. The Kier molecular flexibility index (Phi) is 4.86. The molecule has 0 saturated carbocycles. The van der Waals surface area contributed by atoms with E-state index in [0.29, 0.717) is 19.4 Å². The Morgan fingerprint density at radius 3 is 2.65 bits per heavy atom. The van der Waals surface area contributed by atoms with Crippen molar-refractivity contribution >= 4 is 11.9 Å². The molecule has 3 atom stereocenters. The van der Waals surface area contributed by atoms with Crippen LogP contribution in [-0.2, 0) is 9.59 Å². The first-order valence-electron chi connectivity index (χ1n) is 5.64. The van der Waals surface area contributed by atoms with E-state index in [4.69, 9.17) is 16.6 Å². The van der Waals surface area contributed by atoms with Gasteiger partial charge in [-0.3, -0.25) is 4.79 Å². The van der Waals surface area contributed by atoms with Crippen LogP contribution in [0.3, 0.4) is 0 Å².